The van der Waals surface area contributed by atoms with Crippen LogP contribution >= 0.6 is 12.6 Å². The van der Waals surface area contributed by atoms with Gasteiger partial charge in [-0.15, -0.1) is 0 Å². The fourth-order valence-electron chi connectivity index (χ4n) is 1.40. The monoisotopic (exact) mass is 238 g/mol. The zero-order valence-electron chi connectivity index (χ0n) is 8.38. The van der Waals surface area contributed by atoms with Crippen molar-refractivity contribution in [3.05, 3.63) is 23.5 Å². The Balaban J connectivity index is 2.70. The molecule has 2 aromatic heterocycles. The van der Waals surface area contributed by atoms with Gasteiger partial charge in [0.05, 0.1) is 18.5 Å². The summed E-state index contributed by atoms with van der Waals surface area (Å²) < 4.78 is 6.40. The molecule has 83 valence electrons. The number of aromatic carboxylic acids is 1. The minimum absolute atomic E-state index is 0.0315. The first kappa shape index (κ1) is 10.8. The van der Waals surface area contributed by atoms with Gasteiger partial charge >= 0.3 is 5.97 Å². The minimum Gasteiger partial charge on any atom is -0.477 e. The Labute approximate surface area is 96.3 Å². The van der Waals surface area contributed by atoms with E-state index in [-0.39, 0.29) is 11.2 Å². The van der Waals surface area contributed by atoms with Gasteiger partial charge in [-0.1, -0.05) is 12.6 Å². The molecule has 0 spiro atoms. The van der Waals surface area contributed by atoms with Crippen LogP contribution in [0.3, 0.4) is 0 Å². The highest BCUT2D eigenvalue weighted by Crippen LogP contribution is 2.15. The van der Waals surface area contributed by atoms with E-state index in [0.29, 0.717) is 17.3 Å². The molecule has 0 aromatic carbocycles. The molecule has 7 heteroatoms. The summed E-state index contributed by atoms with van der Waals surface area (Å²) in [5, 5.41) is 13.2. The van der Waals surface area contributed by atoms with Crippen LogP contribution in [0.2, 0.25) is 0 Å². The van der Waals surface area contributed by atoms with Gasteiger partial charge in [-0.05, 0) is 6.07 Å². The van der Waals surface area contributed by atoms with Gasteiger partial charge in [0.1, 0.15) is 10.6 Å². The van der Waals surface area contributed by atoms with Gasteiger partial charge in [0.2, 0.25) is 0 Å². The van der Waals surface area contributed by atoms with Crippen LogP contribution < -0.4 is 0 Å². The predicted molar refractivity (Wildman–Crippen MR) is 56.5 cm³/mol. The normalized spacial score (nSPS) is 10.8. The summed E-state index contributed by atoms with van der Waals surface area (Å²) >= 11 is 4.95. The Morgan fingerprint density at radius 1 is 1.69 bits per heavy atom. The van der Waals surface area contributed by atoms with Crippen molar-refractivity contribution in [1.82, 2.24) is 14.6 Å². The van der Waals surface area contributed by atoms with Crippen LogP contribution in [0, 0.1) is 0 Å². The van der Waals surface area contributed by atoms with Gasteiger partial charge in [-0.25, -0.2) is 14.3 Å². The average Bonchev–Trinajstić information content (AvgIpc) is 2.61. The molecule has 0 fully saturated rings. The number of carboxylic acid groups (broad SMARTS) is 1. The van der Waals surface area contributed by atoms with Crippen LogP contribution in [0.25, 0.3) is 5.65 Å². The largest absolute Gasteiger partial charge is 0.477 e. The first-order valence-corrected chi connectivity index (χ1v) is 4.81. The number of fused-ring (bicyclic) bond motifs is 1. The molecule has 0 atom stereocenters. The van der Waals surface area contributed by atoms with Crippen molar-refractivity contribution in [3.8, 4) is 0 Å². The van der Waals surface area contributed by atoms with Gasteiger partial charge in [0.25, 0.3) is 0 Å². The molecule has 0 saturated carbocycles. The SMILES string of the molecule is COCc1cc([S])nc2c(C(=O)O)cnn12. The Kier molecular flexibility index (Phi) is 2.71. The standard InChI is InChI=1S/C9H8N3O3S/c1-15-4-5-2-7(16)11-8-6(9(13)14)3-10-12(5)8/h2-3H,4H2,1H3,(H,13,14). The first-order valence-electron chi connectivity index (χ1n) is 4.40. The highest BCUT2D eigenvalue weighted by molar-refractivity contribution is 7.80. The van der Waals surface area contributed by atoms with Crippen molar-refractivity contribution >= 4 is 24.2 Å². The second-order valence-electron chi connectivity index (χ2n) is 3.12. The van der Waals surface area contributed by atoms with E-state index < -0.39 is 5.97 Å². The number of hydrogen-bond acceptors (Lipinski definition) is 4. The number of methoxy groups -OCH3 is 1. The summed E-state index contributed by atoms with van der Waals surface area (Å²) in [6.07, 6.45) is 1.25. The third kappa shape index (κ3) is 1.70. The van der Waals surface area contributed by atoms with Crippen molar-refractivity contribution in [1.29, 1.82) is 0 Å². The Bertz CT molecular complexity index is 552. The highest BCUT2D eigenvalue weighted by atomic mass is 32.1. The van der Waals surface area contributed by atoms with Gasteiger partial charge in [-0.3, -0.25) is 0 Å². The van der Waals surface area contributed by atoms with Crippen LogP contribution in [-0.2, 0) is 11.3 Å². The number of carboxylic acids is 1. The molecule has 1 radical (unpaired) electrons. The predicted octanol–water partition coefficient (Wildman–Crippen LogP) is 1.13. The molecule has 2 rings (SSSR count). The van der Waals surface area contributed by atoms with Crippen LogP contribution in [0.4, 0.5) is 0 Å². The van der Waals surface area contributed by atoms with Crippen molar-refractivity contribution in [2.24, 2.45) is 0 Å². The summed E-state index contributed by atoms with van der Waals surface area (Å²) in [6, 6.07) is 1.63. The average molecular weight is 238 g/mol. The molecule has 0 bridgehead atoms. The molecular weight excluding hydrogens is 230 g/mol. The smallest absolute Gasteiger partial charge is 0.341 e. The van der Waals surface area contributed by atoms with Crippen molar-refractivity contribution in [2.75, 3.05) is 7.11 Å². The second kappa shape index (κ2) is 4.03. The number of hydrogen-bond donors (Lipinski definition) is 1. The number of carbonyl (C=O) groups is 1. The van der Waals surface area contributed by atoms with E-state index in [1.54, 1.807) is 6.07 Å². The minimum atomic E-state index is -1.08. The number of rotatable bonds is 3. The summed E-state index contributed by atoms with van der Waals surface area (Å²) in [6.45, 7) is 0.295. The maximum absolute atomic E-state index is 10.9. The number of nitrogens with zero attached hydrogens (tertiary/aromatic N) is 3. The zero-order chi connectivity index (χ0) is 11.7. The third-order valence-corrected chi connectivity index (χ3v) is 2.25. The van der Waals surface area contributed by atoms with Gasteiger partial charge in [0, 0.05) is 7.11 Å². The molecule has 2 heterocycles. The topological polar surface area (TPSA) is 76.7 Å². The molecule has 0 saturated heterocycles. The van der Waals surface area contributed by atoms with E-state index in [1.165, 1.54) is 17.8 Å². The van der Waals surface area contributed by atoms with E-state index >= 15 is 0 Å². The fourth-order valence-corrected chi connectivity index (χ4v) is 1.62. The van der Waals surface area contributed by atoms with E-state index in [1.807, 2.05) is 0 Å². The van der Waals surface area contributed by atoms with Gasteiger partial charge < -0.3 is 9.84 Å². The Morgan fingerprint density at radius 2 is 2.44 bits per heavy atom. The van der Waals surface area contributed by atoms with Crippen molar-refractivity contribution in [2.45, 2.75) is 11.6 Å². The molecule has 2 aromatic rings. The molecule has 0 unspecified atom stereocenters. The third-order valence-electron chi connectivity index (χ3n) is 2.04. The maximum Gasteiger partial charge on any atom is 0.341 e. The molecule has 16 heavy (non-hydrogen) atoms. The Hall–Kier alpha value is -1.73. The van der Waals surface area contributed by atoms with Crippen LogP contribution in [0.15, 0.2) is 17.3 Å². The molecular formula is C9H8N3O3S. The lowest BCUT2D eigenvalue weighted by atomic mass is 10.3. The van der Waals surface area contributed by atoms with Crippen LogP contribution in [-0.4, -0.2) is 32.8 Å². The summed E-state index contributed by atoms with van der Waals surface area (Å²) in [5.74, 6) is -1.08. The fraction of sp³-hybridized carbons (Fsp3) is 0.222. The number of ether oxygens (including phenoxy) is 1. The second-order valence-corrected chi connectivity index (χ2v) is 3.54. The molecule has 6 nitrogen and oxygen atoms in total. The van der Waals surface area contributed by atoms with E-state index in [0.717, 1.165) is 0 Å². The van der Waals surface area contributed by atoms with Gasteiger partial charge in [-0.2, -0.15) is 5.10 Å². The van der Waals surface area contributed by atoms with E-state index in [4.69, 9.17) is 22.5 Å². The van der Waals surface area contributed by atoms with Crippen LogP contribution in [0.1, 0.15) is 16.1 Å². The summed E-state index contributed by atoms with van der Waals surface area (Å²) in [4.78, 5) is 14.9. The lowest BCUT2D eigenvalue weighted by Crippen LogP contribution is -2.04. The van der Waals surface area contributed by atoms with Crippen molar-refractivity contribution < 1.29 is 14.6 Å². The lowest BCUT2D eigenvalue weighted by molar-refractivity contribution is 0.0698. The quantitative estimate of drug-likeness (QED) is 0.811. The van der Waals surface area contributed by atoms with Crippen LogP contribution in [0.5, 0.6) is 0 Å². The van der Waals surface area contributed by atoms with Crippen molar-refractivity contribution in [3.63, 3.8) is 0 Å². The lowest BCUT2D eigenvalue weighted by Gasteiger charge is -2.03. The summed E-state index contributed by atoms with van der Waals surface area (Å²) in [5.41, 5.74) is 0.945. The molecule has 0 amide bonds. The Morgan fingerprint density at radius 3 is 3.06 bits per heavy atom. The molecule has 0 aliphatic rings. The van der Waals surface area contributed by atoms with Gasteiger partial charge in [0.15, 0.2) is 5.65 Å². The van der Waals surface area contributed by atoms with E-state index in [2.05, 4.69) is 10.1 Å². The molecule has 0 aliphatic heterocycles. The zero-order valence-corrected chi connectivity index (χ0v) is 9.19. The summed E-state index contributed by atoms with van der Waals surface area (Å²) in [7, 11) is 1.54. The number of aromatic nitrogens is 3. The maximum atomic E-state index is 10.9. The molecule has 1 N–H and O–H groups in total. The van der Waals surface area contributed by atoms with E-state index in [9.17, 15) is 4.79 Å². The molecule has 0 aliphatic carbocycles. The highest BCUT2D eigenvalue weighted by Gasteiger charge is 2.15. The first-order chi connectivity index (χ1) is 7.63.